The van der Waals surface area contributed by atoms with E-state index in [1.165, 1.54) is 18.5 Å². The van der Waals surface area contributed by atoms with Crippen LogP contribution in [-0.2, 0) is 9.53 Å². The number of pyridine rings is 1. The first-order valence-electron chi connectivity index (χ1n) is 5.72. The van der Waals surface area contributed by atoms with Gasteiger partial charge in [-0.1, -0.05) is 11.6 Å². The second kappa shape index (κ2) is 5.01. The van der Waals surface area contributed by atoms with Gasteiger partial charge in [0.1, 0.15) is 5.92 Å². The first-order valence-corrected chi connectivity index (χ1v) is 6.10. The van der Waals surface area contributed by atoms with Crippen molar-refractivity contribution in [3.8, 4) is 0 Å². The number of methoxy groups -OCH3 is 1. The third kappa shape index (κ3) is 2.33. The highest BCUT2D eigenvalue weighted by Gasteiger charge is 2.27. The number of ketones is 1. The van der Waals surface area contributed by atoms with E-state index in [0.29, 0.717) is 21.8 Å². The highest BCUT2D eigenvalue weighted by Crippen LogP contribution is 2.21. The lowest BCUT2D eigenvalue weighted by Crippen LogP contribution is -2.22. The van der Waals surface area contributed by atoms with E-state index in [0.717, 1.165) is 0 Å². The molecule has 0 N–H and O–H groups in total. The van der Waals surface area contributed by atoms with E-state index >= 15 is 0 Å². The van der Waals surface area contributed by atoms with Crippen LogP contribution in [0.1, 0.15) is 23.0 Å². The summed E-state index contributed by atoms with van der Waals surface area (Å²) in [5.41, 5.74) is 1.61. The zero-order valence-electron chi connectivity index (χ0n) is 10.8. The first kappa shape index (κ1) is 13.5. The summed E-state index contributed by atoms with van der Waals surface area (Å²) in [5, 5.41) is 4.75. The Kier molecular flexibility index (Phi) is 3.57. The maximum Gasteiger partial charge on any atom is 0.316 e. The summed E-state index contributed by atoms with van der Waals surface area (Å²) in [6.45, 7) is 3.24. The monoisotopic (exact) mass is 280 g/mol. The lowest BCUT2D eigenvalue weighted by molar-refractivity contribution is -0.143. The molecule has 1 atom stereocenters. The fourth-order valence-corrected chi connectivity index (χ4v) is 2.10. The maximum absolute atomic E-state index is 12.3. The molecule has 0 fully saturated rings. The van der Waals surface area contributed by atoms with Crippen LogP contribution in [0.5, 0.6) is 0 Å². The summed E-state index contributed by atoms with van der Waals surface area (Å²) in [4.78, 5) is 23.8. The Hall–Kier alpha value is -1.88. The number of esters is 1. The third-order valence-corrected chi connectivity index (χ3v) is 3.19. The number of aryl methyl sites for hydroxylation is 1. The van der Waals surface area contributed by atoms with Gasteiger partial charge in [-0.25, -0.2) is 4.52 Å². The summed E-state index contributed by atoms with van der Waals surface area (Å²) in [7, 11) is 1.26. The second-order valence-electron chi connectivity index (χ2n) is 4.25. The number of nitrogens with zero attached hydrogens (tertiary/aromatic N) is 2. The highest BCUT2D eigenvalue weighted by atomic mass is 35.5. The molecule has 19 heavy (non-hydrogen) atoms. The van der Waals surface area contributed by atoms with Gasteiger partial charge >= 0.3 is 5.97 Å². The van der Waals surface area contributed by atoms with Crippen LogP contribution in [0, 0.1) is 12.8 Å². The number of carbonyl (C=O) groups excluding carboxylic acids is 2. The average Bonchev–Trinajstić information content (AvgIpc) is 2.71. The molecule has 2 heterocycles. The van der Waals surface area contributed by atoms with E-state index in [1.807, 2.05) is 0 Å². The Balaban J connectivity index is 2.53. The molecule has 0 aliphatic rings. The smallest absolute Gasteiger partial charge is 0.316 e. The van der Waals surface area contributed by atoms with Crippen molar-refractivity contribution >= 4 is 28.9 Å². The van der Waals surface area contributed by atoms with E-state index < -0.39 is 11.9 Å². The second-order valence-corrected chi connectivity index (χ2v) is 4.68. The van der Waals surface area contributed by atoms with Crippen molar-refractivity contribution in [3.63, 3.8) is 0 Å². The summed E-state index contributed by atoms with van der Waals surface area (Å²) < 4.78 is 6.13. The lowest BCUT2D eigenvalue weighted by Gasteiger charge is -2.07. The number of aromatic nitrogens is 2. The van der Waals surface area contributed by atoms with Crippen LogP contribution in [0.3, 0.4) is 0 Å². The molecule has 2 rings (SSSR count). The number of Topliss-reactive ketones (excluding diaryl/α,β-unsaturated/α-hetero) is 1. The van der Waals surface area contributed by atoms with Crippen LogP contribution in [-0.4, -0.2) is 28.5 Å². The zero-order valence-corrected chi connectivity index (χ0v) is 11.6. The van der Waals surface area contributed by atoms with Crippen molar-refractivity contribution in [2.24, 2.45) is 5.92 Å². The van der Waals surface area contributed by atoms with Gasteiger partial charge in [-0.2, -0.15) is 5.10 Å². The van der Waals surface area contributed by atoms with Crippen LogP contribution in [0.4, 0.5) is 0 Å². The first-order chi connectivity index (χ1) is 8.95. The standard InChI is InChI=1S/C13H13ClN2O3/c1-7(13(18)19-3)12(17)11-8(2)15-16-6-9(14)4-5-10(11)16/h4-7H,1-3H3. The number of hydrogen-bond acceptors (Lipinski definition) is 4. The van der Waals surface area contributed by atoms with Gasteiger partial charge in [0.25, 0.3) is 0 Å². The predicted octanol–water partition coefficient (Wildman–Crippen LogP) is 2.29. The van der Waals surface area contributed by atoms with Crippen LogP contribution < -0.4 is 0 Å². The zero-order chi connectivity index (χ0) is 14.2. The molecule has 0 amide bonds. The van der Waals surface area contributed by atoms with Crippen LogP contribution in [0.2, 0.25) is 5.02 Å². The summed E-state index contributed by atoms with van der Waals surface area (Å²) in [6.07, 6.45) is 1.61. The summed E-state index contributed by atoms with van der Waals surface area (Å²) in [6, 6.07) is 3.39. The summed E-state index contributed by atoms with van der Waals surface area (Å²) >= 11 is 5.88. The number of halogens is 1. The van der Waals surface area contributed by atoms with E-state index in [9.17, 15) is 9.59 Å². The molecule has 0 saturated carbocycles. The Morgan fingerprint density at radius 1 is 1.42 bits per heavy atom. The molecule has 0 aromatic carbocycles. The van der Waals surface area contributed by atoms with Crippen LogP contribution >= 0.6 is 11.6 Å². The van der Waals surface area contributed by atoms with Crippen molar-refractivity contribution in [1.29, 1.82) is 0 Å². The molecule has 0 spiro atoms. The Labute approximate surface area is 115 Å². The largest absolute Gasteiger partial charge is 0.468 e. The lowest BCUT2D eigenvalue weighted by atomic mass is 9.98. The van der Waals surface area contributed by atoms with Crippen molar-refractivity contribution in [1.82, 2.24) is 9.61 Å². The minimum absolute atomic E-state index is 0.304. The molecule has 2 aromatic heterocycles. The van der Waals surface area contributed by atoms with Gasteiger partial charge in [-0.3, -0.25) is 9.59 Å². The molecular weight excluding hydrogens is 268 g/mol. The normalized spacial score (nSPS) is 12.4. The van der Waals surface area contributed by atoms with Gasteiger partial charge in [0.05, 0.1) is 28.9 Å². The van der Waals surface area contributed by atoms with Crippen molar-refractivity contribution < 1.29 is 14.3 Å². The number of fused-ring (bicyclic) bond motifs is 1. The van der Waals surface area contributed by atoms with E-state index in [4.69, 9.17) is 11.6 Å². The minimum Gasteiger partial charge on any atom is -0.468 e. The SMILES string of the molecule is COC(=O)C(C)C(=O)c1c(C)nn2cc(Cl)ccc12. The molecule has 1 unspecified atom stereocenters. The van der Waals surface area contributed by atoms with Crippen molar-refractivity contribution in [2.45, 2.75) is 13.8 Å². The molecule has 5 nitrogen and oxygen atoms in total. The molecular formula is C13H13ClN2O3. The van der Waals surface area contributed by atoms with Crippen LogP contribution in [0.15, 0.2) is 18.3 Å². The number of rotatable bonds is 3. The minimum atomic E-state index is -0.854. The molecule has 2 aromatic rings. The van der Waals surface area contributed by atoms with Gasteiger partial charge in [-0.05, 0) is 26.0 Å². The molecule has 6 heteroatoms. The molecule has 0 bridgehead atoms. The molecule has 0 aliphatic heterocycles. The maximum atomic E-state index is 12.3. The highest BCUT2D eigenvalue weighted by molar-refractivity contribution is 6.30. The van der Waals surface area contributed by atoms with Crippen molar-refractivity contribution in [3.05, 3.63) is 34.6 Å². The van der Waals surface area contributed by atoms with Gasteiger partial charge in [0, 0.05) is 6.20 Å². The third-order valence-electron chi connectivity index (χ3n) is 2.96. The predicted molar refractivity (Wildman–Crippen MR) is 70.4 cm³/mol. The van der Waals surface area contributed by atoms with Gasteiger partial charge in [0.2, 0.25) is 0 Å². The average molecular weight is 281 g/mol. The van der Waals surface area contributed by atoms with E-state index in [2.05, 4.69) is 9.84 Å². The van der Waals surface area contributed by atoms with Gasteiger partial charge < -0.3 is 4.74 Å². The van der Waals surface area contributed by atoms with Crippen LogP contribution in [0.25, 0.3) is 5.52 Å². The Morgan fingerprint density at radius 2 is 2.11 bits per heavy atom. The summed E-state index contributed by atoms with van der Waals surface area (Å²) in [5.74, 6) is -1.72. The Morgan fingerprint density at radius 3 is 2.74 bits per heavy atom. The topological polar surface area (TPSA) is 60.7 Å². The van der Waals surface area contributed by atoms with Gasteiger partial charge in [0.15, 0.2) is 5.78 Å². The van der Waals surface area contributed by atoms with E-state index in [-0.39, 0.29) is 5.78 Å². The number of carbonyl (C=O) groups is 2. The van der Waals surface area contributed by atoms with Crippen molar-refractivity contribution in [2.75, 3.05) is 7.11 Å². The molecule has 0 aliphatic carbocycles. The van der Waals surface area contributed by atoms with Gasteiger partial charge in [-0.15, -0.1) is 0 Å². The number of hydrogen-bond donors (Lipinski definition) is 0. The fraction of sp³-hybridized carbons (Fsp3) is 0.308. The van der Waals surface area contributed by atoms with E-state index in [1.54, 1.807) is 25.3 Å². The fourth-order valence-electron chi connectivity index (χ4n) is 1.95. The molecule has 0 radical (unpaired) electrons. The quantitative estimate of drug-likeness (QED) is 0.492. The number of ether oxygens (including phenoxy) is 1. The molecule has 100 valence electrons. The molecule has 0 saturated heterocycles. The Bertz CT molecular complexity index is 663.